The lowest BCUT2D eigenvalue weighted by Crippen LogP contribution is -2.44. The molecule has 0 aromatic rings. The van der Waals surface area contributed by atoms with Gasteiger partial charge in [-0.1, -0.05) is 0 Å². The van der Waals surface area contributed by atoms with Crippen LogP contribution in [0.1, 0.15) is 26.7 Å². The smallest absolute Gasteiger partial charge is 0.323 e. The van der Waals surface area contributed by atoms with Crippen molar-refractivity contribution in [1.29, 1.82) is 0 Å². The molecule has 0 radical (unpaired) electrons. The highest BCUT2D eigenvalue weighted by molar-refractivity contribution is 5.95. The molecule has 0 aromatic heterocycles. The summed E-state index contributed by atoms with van der Waals surface area (Å²) in [6, 6.07) is 0. The van der Waals surface area contributed by atoms with Crippen LogP contribution in [0, 0.1) is 11.8 Å². The molecular weight excluding hydrogens is 252 g/mol. The van der Waals surface area contributed by atoms with Gasteiger partial charge in [0.1, 0.15) is 0 Å². The fourth-order valence-corrected chi connectivity index (χ4v) is 2.15. The van der Waals surface area contributed by atoms with Gasteiger partial charge in [-0.3, -0.25) is 9.59 Å². The van der Waals surface area contributed by atoms with E-state index < -0.39 is 24.0 Å². The van der Waals surface area contributed by atoms with Crippen molar-refractivity contribution in [2.75, 3.05) is 26.4 Å². The van der Waals surface area contributed by atoms with Gasteiger partial charge in [-0.15, -0.1) is 0 Å². The molecule has 1 N–H and O–H groups in total. The van der Waals surface area contributed by atoms with E-state index in [0.29, 0.717) is 13.2 Å². The summed E-state index contributed by atoms with van der Waals surface area (Å²) in [5, 5.41) is 10.2. The van der Waals surface area contributed by atoms with Crippen LogP contribution >= 0.6 is 0 Å². The van der Waals surface area contributed by atoms with Gasteiger partial charge in [0.2, 0.25) is 0 Å². The molecule has 0 amide bonds. The molecule has 1 heterocycles. The highest BCUT2D eigenvalue weighted by Gasteiger charge is 2.41. The van der Waals surface area contributed by atoms with Gasteiger partial charge in [-0.05, 0) is 26.7 Å². The molecule has 0 spiro atoms. The van der Waals surface area contributed by atoms with E-state index in [2.05, 4.69) is 0 Å². The van der Waals surface area contributed by atoms with Crippen molar-refractivity contribution >= 4 is 11.9 Å². The highest BCUT2D eigenvalue weighted by atomic mass is 16.6. The molecule has 0 aliphatic carbocycles. The van der Waals surface area contributed by atoms with Crippen LogP contribution in [0.2, 0.25) is 0 Å². The number of rotatable bonds is 6. The Hall–Kier alpha value is -1.14. The summed E-state index contributed by atoms with van der Waals surface area (Å²) in [5.41, 5.74) is 0. The molecule has 1 aliphatic heterocycles. The molecule has 1 fully saturated rings. The minimum absolute atomic E-state index is 0.155. The largest absolute Gasteiger partial charge is 0.465 e. The summed E-state index contributed by atoms with van der Waals surface area (Å²) < 4.78 is 15.0. The minimum atomic E-state index is -1.29. The summed E-state index contributed by atoms with van der Waals surface area (Å²) in [6.07, 6.45) is 0.398. The van der Waals surface area contributed by atoms with Crippen LogP contribution in [0.15, 0.2) is 0 Å². The second-order valence-electron chi connectivity index (χ2n) is 4.45. The number of hydrogen-bond acceptors (Lipinski definition) is 6. The molecule has 19 heavy (non-hydrogen) atoms. The lowest BCUT2D eigenvalue weighted by atomic mass is 9.87. The number of aliphatic hydroxyl groups is 1. The van der Waals surface area contributed by atoms with Crippen LogP contribution in [-0.4, -0.2) is 49.6 Å². The van der Waals surface area contributed by atoms with E-state index in [0.717, 1.165) is 12.8 Å². The number of carbonyl (C=O) groups excluding carboxylic acids is 2. The van der Waals surface area contributed by atoms with E-state index in [9.17, 15) is 14.7 Å². The van der Waals surface area contributed by atoms with E-state index in [1.165, 1.54) is 0 Å². The summed E-state index contributed by atoms with van der Waals surface area (Å²) >= 11 is 0. The zero-order valence-electron chi connectivity index (χ0n) is 11.5. The zero-order chi connectivity index (χ0) is 14.3. The Labute approximate surface area is 113 Å². The maximum Gasteiger partial charge on any atom is 0.323 e. The van der Waals surface area contributed by atoms with Gasteiger partial charge in [-0.25, -0.2) is 0 Å². The monoisotopic (exact) mass is 274 g/mol. The Bertz CT molecular complexity index is 280. The van der Waals surface area contributed by atoms with Crippen LogP contribution < -0.4 is 0 Å². The lowest BCUT2D eigenvalue weighted by molar-refractivity contribution is -0.170. The summed E-state index contributed by atoms with van der Waals surface area (Å²) in [4.78, 5) is 23.6. The van der Waals surface area contributed by atoms with Crippen molar-refractivity contribution in [3.63, 3.8) is 0 Å². The first-order valence-corrected chi connectivity index (χ1v) is 6.70. The van der Waals surface area contributed by atoms with Crippen molar-refractivity contribution in [3.8, 4) is 0 Å². The van der Waals surface area contributed by atoms with Crippen LogP contribution in [0.25, 0.3) is 0 Å². The van der Waals surface area contributed by atoms with Crippen molar-refractivity contribution in [2.45, 2.75) is 32.8 Å². The molecule has 1 saturated heterocycles. The Morgan fingerprint density at radius 3 is 2.26 bits per heavy atom. The normalized spacial score (nSPS) is 20.9. The van der Waals surface area contributed by atoms with E-state index in [4.69, 9.17) is 14.2 Å². The second kappa shape index (κ2) is 8.12. The summed E-state index contributed by atoms with van der Waals surface area (Å²) in [6.45, 7) is 4.60. The predicted octanol–water partition coefficient (Wildman–Crippen LogP) is 0.516. The first-order valence-electron chi connectivity index (χ1n) is 6.70. The van der Waals surface area contributed by atoms with Crippen molar-refractivity contribution in [2.24, 2.45) is 11.8 Å². The maximum absolute atomic E-state index is 11.8. The van der Waals surface area contributed by atoms with Crippen LogP contribution in [0.5, 0.6) is 0 Å². The molecule has 6 nitrogen and oxygen atoms in total. The third-order valence-electron chi connectivity index (χ3n) is 3.10. The maximum atomic E-state index is 11.8. The van der Waals surface area contributed by atoms with Gasteiger partial charge < -0.3 is 19.3 Å². The average Bonchev–Trinajstić information content (AvgIpc) is 2.40. The lowest BCUT2D eigenvalue weighted by Gasteiger charge is -2.29. The number of ether oxygens (including phenoxy) is 3. The van der Waals surface area contributed by atoms with E-state index in [1.54, 1.807) is 13.8 Å². The molecule has 6 heteroatoms. The predicted molar refractivity (Wildman–Crippen MR) is 66.3 cm³/mol. The van der Waals surface area contributed by atoms with Gasteiger partial charge in [0.25, 0.3) is 0 Å². The third-order valence-corrected chi connectivity index (χ3v) is 3.10. The van der Waals surface area contributed by atoms with Crippen molar-refractivity contribution in [3.05, 3.63) is 0 Å². The van der Waals surface area contributed by atoms with Crippen molar-refractivity contribution < 1.29 is 28.9 Å². The number of aliphatic hydroxyl groups excluding tert-OH is 1. The highest BCUT2D eigenvalue weighted by Crippen LogP contribution is 2.24. The molecule has 0 saturated carbocycles. The van der Waals surface area contributed by atoms with E-state index in [1.807, 2.05) is 0 Å². The zero-order valence-corrected chi connectivity index (χ0v) is 11.5. The Morgan fingerprint density at radius 2 is 1.84 bits per heavy atom. The molecule has 0 bridgehead atoms. The van der Waals surface area contributed by atoms with E-state index >= 15 is 0 Å². The van der Waals surface area contributed by atoms with Gasteiger partial charge >= 0.3 is 11.9 Å². The quantitative estimate of drug-likeness (QED) is 0.561. The minimum Gasteiger partial charge on any atom is -0.465 e. The van der Waals surface area contributed by atoms with Gasteiger partial charge in [0.15, 0.2) is 5.92 Å². The number of esters is 2. The van der Waals surface area contributed by atoms with Gasteiger partial charge in [-0.2, -0.15) is 0 Å². The molecule has 1 rings (SSSR count). The van der Waals surface area contributed by atoms with Gasteiger partial charge in [0, 0.05) is 12.5 Å². The molecule has 2 unspecified atom stereocenters. The van der Waals surface area contributed by atoms with Crippen LogP contribution in [-0.2, 0) is 23.8 Å². The third kappa shape index (κ3) is 4.47. The SMILES string of the molecule is CCOC(=O)C(C(=O)OCC)C(O)C1CCCOC1. The fourth-order valence-electron chi connectivity index (χ4n) is 2.15. The van der Waals surface area contributed by atoms with E-state index in [-0.39, 0.29) is 19.1 Å². The first kappa shape index (κ1) is 15.9. The van der Waals surface area contributed by atoms with Gasteiger partial charge in [0.05, 0.1) is 25.9 Å². The molecule has 0 aromatic carbocycles. The Morgan fingerprint density at radius 1 is 1.26 bits per heavy atom. The second-order valence-corrected chi connectivity index (χ2v) is 4.45. The Kier molecular flexibility index (Phi) is 6.80. The number of carbonyl (C=O) groups is 2. The Balaban J connectivity index is 2.75. The number of hydrogen-bond donors (Lipinski definition) is 1. The topological polar surface area (TPSA) is 82.1 Å². The van der Waals surface area contributed by atoms with Crippen LogP contribution in [0.4, 0.5) is 0 Å². The molecule has 1 aliphatic rings. The van der Waals surface area contributed by atoms with Crippen molar-refractivity contribution in [1.82, 2.24) is 0 Å². The van der Waals surface area contributed by atoms with Crippen LogP contribution in [0.3, 0.4) is 0 Å². The first-order chi connectivity index (χ1) is 9.11. The standard InChI is InChI=1S/C13H22O6/c1-3-18-12(15)10(13(16)19-4-2)11(14)9-6-5-7-17-8-9/h9-11,14H,3-8H2,1-2H3. The molecular formula is C13H22O6. The fraction of sp³-hybridized carbons (Fsp3) is 0.846. The molecule has 2 atom stereocenters. The summed E-state index contributed by atoms with van der Waals surface area (Å²) in [7, 11) is 0. The molecule has 110 valence electrons. The average molecular weight is 274 g/mol. The summed E-state index contributed by atoms with van der Waals surface area (Å²) in [5.74, 6) is -3.00.